The van der Waals surface area contributed by atoms with Crippen molar-refractivity contribution in [2.24, 2.45) is 0 Å². The van der Waals surface area contributed by atoms with Crippen molar-refractivity contribution in [3.63, 3.8) is 0 Å². The normalized spacial score (nSPS) is 19.1. The summed E-state index contributed by atoms with van der Waals surface area (Å²) in [6.07, 6.45) is 0. The number of aryl methyl sites for hydroxylation is 1. The molecule has 1 aliphatic rings. The number of hydrogen-bond acceptors (Lipinski definition) is 4. The molecule has 3 rings (SSSR count). The van der Waals surface area contributed by atoms with E-state index in [1.807, 2.05) is 25.1 Å². The number of nitrogens with one attached hydrogen (secondary N) is 1. The van der Waals surface area contributed by atoms with Crippen molar-refractivity contribution in [1.29, 1.82) is 0 Å². The quantitative estimate of drug-likeness (QED) is 0.736. The van der Waals surface area contributed by atoms with E-state index in [0.717, 1.165) is 10.5 Å². The highest BCUT2D eigenvalue weighted by Gasteiger charge is 2.48. The highest BCUT2D eigenvalue weighted by atomic mass is 19.3. The molecule has 1 aliphatic heterocycles. The number of hydrogen-bond donors (Lipinski definition) is 1. The van der Waals surface area contributed by atoms with Gasteiger partial charge in [0.2, 0.25) is 0 Å². The fourth-order valence-corrected chi connectivity index (χ4v) is 3.03. The molecule has 28 heavy (non-hydrogen) atoms. The minimum atomic E-state index is -2.93. The van der Waals surface area contributed by atoms with E-state index in [2.05, 4.69) is 10.1 Å². The van der Waals surface area contributed by atoms with Gasteiger partial charge < -0.3 is 14.8 Å². The van der Waals surface area contributed by atoms with E-state index in [1.54, 1.807) is 13.0 Å². The van der Waals surface area contributed by atoms with Gasteiger partial charge in [0.15, 0.2) is 0 Å². The van der Waals surface area contributed by atoms with E-state index in [4.69, 9.17) is 4.74 Å². The number of nitrogens with zero attached hydrogens (tertiary/aromatic N) is 1. The SMILES string of the molecule is Cc1cccc(OCCN2C(=O)NC(C)(c3ccc(OC(F)F)cc3)C2=O)c1. The van der Waals surface area contributed by atoms with Crippen LogP contribution in [0.15, 0.2) is 48.5 Å². The summed E-state index contributed by atoms with van der Waals surface area (Å²) in [4.78, 5) is 26.2. The van der Waals surface area contributed by atoms with Crippen LogP contribution in [0.5, 0.6) is 11.5 Å². The Kier molecular flexibility index (Phi) is 5.48. The van der Waals surface area contributed by atoms with Crippen molar-refractivity contribution in [1.82, 2.24) is 10.2 Å². The molecule has 0 radical (unpaired) electrons. The molecule has 1 N–H and O–H groups in total. The summed E-state index contributed by atoms with van der Waals surface area (Å²) in [6, 6.07) is 12.5. The Labute approximate surface area is 161 Å². The van der Waals surface area contributed by atoms with Crippen molar-refractivity contribution < 1.29 is 27.8 Å². The molecule has 148 valence electrons. The molecule has 1 unspecified atom stereocenters. The van der Waals surface area contributed by atoms with Crippen LogP contribution in [0, 0.1) is 6.92 Å². The molecule has 3 amide bonds. The van der Waals surface area contributed by atoms with Gasteiger partial charge in [-0.05, 0) is 49.2 Å². The lowest BCUT2D eigenvalue weighted by atomic mass is 9.92. The van der Waals surface area contributed by atoms with Gasteiger partial charge in [-0.1, -0.05) is 24.3 Å². The summed E-state index contributed by atoms with van der Waals surface area (Å²) in [6.45, 7) is 0.809. The Morgan fingerprint density at radius 3 is 2.46 bits per heavy atom. The number of ether oxygens (including phenoxy) is 2. The maximum absolute atomic E-state index is 12.8. The lowest BCUT2D eigenvalue weighted by Crippen LogP contribution is -2.41. The lowest BCUT2D eigenvalue weighted by Gasteiger charge is -2.22. The predicted molar refractivity (Wildman–Crippen MR) is 97.3 cm³/mol. The molecule has 6 nitrogen and oxygen atoms in total. The van der Waals surface area contributed by atoms with E-state index in [-0.39, 0.29) is 18.9 Å². The number of urea groups is 1. The molecule has 0 spiro atoms. The summed E-state index contributed by atoms with van der Waals surface area (Å²) in [7, 11) is 0. The molecule has 1 heterocycles. The van der Waals surface area contributed by atoms with E-state index in [9.17, 15) is 18.4 Å². The summed E-state index contributed by atoms with van der Waals surface area (Å²) in [5.41, 5.74) is 0.220. The van der Waals surface area contributed by atoms with Crippen LogP contribution < -0.4 is 14.8 Å². The van der Waals surface area contributed by atoms with E-state index in [1.165, 1.54) is 24.3 Å². The average molecular weight is 390 g/mol. The van der Waals surface area contributed by atoms with Gasteiger partial charge >= 0.3 is 12.6 Å². The molecular formula is C20H20F2N2O4. The lowest BCUT2D eigenvalue weighted by molar-refractivity contribution is -0.131. The third-order valence-corrected chi connectivity index (χ3v) is 4.50. The largest absolute Gasteiger partial charge is 0.492 e. The minimum Gasteiger partial charge on any atom is -0.492 e. The number of carbonyl (C=O) groups excluding carboxylic acids is 2. The first-order valence-corrected chi connectivity index (χ1v) is 8.68. The van der Waals surface area contributed by atoms with Crippen LogP contribution in [0.25, 0.3) is 0 Å². The Bertz CT molecular complexity index is 873. The van der Waals surface area contributed by atoms with Crippen molar-refractivity contribution in [2.45, 2.75) is 26.0 Å². The first-order valence-electron chi connectivity index (χ1n) is 8.68. The third kappa shape index (κ3) is 4.05. The van der Waals surface area contributed by atoms with Gasteiger partial charge in [-0.3, -0.25) is 9.69 Å². The number of alkyl halides is 2. The fraction of sp³-hybridized carbons (Fsp3) is 0.300. The summed E-state index contributed by atoms with van der Waals surface area (Å²) in [5.74, 6) is 0.194. The molecule has 0 bridgehead atoms. The van der Waals surface area contributed by atoms with Crippen LogP contribution in [0.1, 0.15) is 18.1 Å². The molecule has 0 saturated carbocycles. The number of imide groups is 1. The number of carbonyl (C=O) groups is 2. The summed E-state index contributed by atoms with van der Waals surface area (Å²) in [5, 5.41) is 2.66. The molecular weight excluding hydrogens is 370 g/mol. The molecule has 0 aromatic heterocycles. The van der Waals surface area contributed by atoms with E-state index < -0.39 is 24.1 Å². The molecule has 1 fully saturated rings. The van der Waals surface area contributed by atoms with Gasteiger partial charge in [-0.25, -0.2) is 4.79 Å². The van der Waals surface area contributed by atoms with E-state index in [0.29, 0.717) is 11.3 Å². The number of rotatable bonds is 7. The van der Waals surface area contributed by atoms with Crippen molar-refractivity contribution in [3.8, 4) is 11.5 Å². The second-order valence-electron chi connectivity index (χ2n) is 6.58. The zero-order valence-electron chi connectivity index (χ0n) is 15.4. The van der Waals surface area contributed by atoms with E-state index >= 15 is 0 Å². The van der Waals surface area contributed by atoms with Crippen molar-refractivity contribution in [2.75, 3.05) is 13.2 Å². The van der Waals surface area contributed by atoms with Gasteiger partial charge in [0.05, 0.1) is 6.54 Å². The van der Waals surface area contributed by atoms with Crippen LogP contribution in [0.3, 0.4) is 0 Å². The van der Waals surface area contributed by atoms with Gasteiger partial charge in [-0.2, -0.15) is 8.78 Å². The topological polar surface area (TPSA) is 67.9 Å². The maximum atomic E-state index is 12.8. The fourth-order valence-electron chi connectivity index (χ4n) is 3.03. The van der Waals surface area contributed by atoms with Gasteiger partial charge in [0, 0.05) is 0 Å². The number of halogens is 2. The number of benzene rings is 2. The van der Waals surface area contributed by atoms with Crippen molar-refractivity contribution >= 4 is 11.9 Å². The zero-order chi connectivity index (χ0) is 20.3. The Morgan fingerprint density at radius 1 is 1.11 bits per heavy atom. The molecule has 1 atom stereocenters. The second kappa shape index (κ2) is 7.84. The van der Waals surface area contributed by atoms with Gasteiger partial charge in [0.1, 0.15) is 23.6 Å². The Morgan fingerprint density at radius 2 is 1.82 bits per heavy atom. The molecule has 0 aliphatic carbocycles. The summed E-state index contributed by atoms with van der Waals surface area (Å²) >= 11 is 0. The third-order valence-electron chi connectivity index (χ3n) is 4.50. The molecule has 8 heteroatoms. The average Bonchev–Trinajstić information content (AvgIpc) is 2.86. The first-order chi connectivity index (χ1) is 13.3. The highest BCUT2D eigenvalue weighted by Crippen LogP contribution is 2.30. The molecule has 2 aromatic rings. The van der Waals surface area contributed by atoms with Crippen LogP contribution in [-0.4, -0.2) is 36.6 Å². The Balaban J connectivity index is 1.66. The first kappa shape index (κ1) is 19.6. The van der Waals surface area contributed by atoms with Crippen LogP contribution in [-0.2, 0) is 10.3 Å². The maximum Gasteiger partial charge on any atom is 0.387 e. The second-order valence-corrected chi connectivity index (χ2v) is 6.58. The van der Waals surface area contributed by atoms with Crippen LogP contribution >= 0.6 is 0 Å². The monoisotopic (exact) mass is 390 g/mol. The standard InChI is InChI=1S/C20H20F2N2O4/c1-13-4-3-5-16(12-13)27-11-10-24-17(25)20(2,23-19(24)26)14-6-8-15(9-7-14)28-18(21)22/h3-9,12,18H,10-11H2,1-2H3,(H,23,26). The Hall–Kier alpha value is -3.16. The molecule has 1 saturated heterocycles. The van der Waals surface area contributed by atoms with Gasteiger partial charge in [0.25, 0.3) is 5.91 Å². The highest BCUT2D eigenvalue weighted by molar-refractivity contribution is 6.07. The zero-order valence-corrected chi connectivity index (χ0v) is 15.4. The predicted octanol–water partition coefficient (Wildman–Crippen LogP) is 3.44. The van der Waals surface area contributed by atoms with Crippen LogP contribution in [0.4, 0.5) is 13.6 Å². The van der Waals surface area contributed by atoms with Gasteiger partial charge in [-0.15, -0.1) is 0 Å². The van der Waals surface area contributed by atoms with Crippen molar-refractivity contribution in [3.05, 3.63) is 59.7 Å². The smallest absolute Gasteiger partial charge is 0.387 e. The number of amides is 3. The summed E-state index contributed by atoms with van der Waals surface area (Å²) < 4.78 is 34.5. The van der Waals surface area contributed by atoms with Crippen LogP contribution in [0.2, 0.25) is 0 Å². The molecule has 2 aromatic carbocycles. The minimum absolute atomic E-state index is 0.0254.